The van der Waals surface area contributed by atoms with Crippen molar-refractivity contribution in [1.82, 2.24) is 15.0 Å². The number of piperidine rings is 1. The summed E-state index contributed by atoms with van der Waals surface area (Å²) in [5, 5.41) is 5.34. The second kappa shape index (κ2) is 8.37. The Morgan fingerprint density at radius 2 is 1.90 bits per heavy atom. The number of halogens is 1. The fraction of sp³-hybridized carbons (Fsp3) is 0.652. The Labute approximate surface area is 177 Å². The molecule has 0 bridgehead atoms. The van der Waals surface area contributed by atoms with Crippen molar-refractivity contribution in [3.05, 3.63) is 46.6 Å². The summed E-state index contributed by atoms with van der Waals surface area (Å²) in [7, 11) is 0. The van der Waals surface area contributed by atoms with Crippen molar-refractivity contribution >= 4 is 11.6 Å². The van der Waals surface area contributed by atoms with Crippen LogP contribution >= 0.6 is 11.6 Å². The number of hydrogen-bond acceptors (Lipinski definition) is 5. The van der Waals surface area contributed by atoms with Crippen LogP contribution < -0.4 is 0 Å². The van der Waals surface area contributed by atoms with Gasteiger partial charge in [-0.25, -0.2) is 0 Å². The molecule has 2 aromatic rings. The first kappa shape index (κ1) is 19.5. The number of ether oxygens (including phenoxy) is 1. The predicted octanol–water partition coefficient (Wildman–Crippen LogP) is 4.95. The zero-order valence-corrected chi connectivity index (χ0v) is 17.7. The van der Waals surface area contributed by atoms with Gasteiger partial charge in [0.25, 0.3) is 0 Å². The summed E-state index contributed by atoms with van der Waals surface area (Å²) >= 11 is 6.17. The first-order valence-corrected chi connectivity index (χ1v) is 11.5. The molecule has 0 atom stereocenters. The largest absolute Gasteiger partial charge is 0.381 e. The van der Waals surface area contributed by atoms with Gasteiger partial charge in [-0.1, -0.05) is 41.7 Å². The Kier molecular flexibility index (Phi) is 5.63. The van der Waals surface area contributed by atoms with Gasteiger partial charge in [0.05, 0.1) is 0 Å². The topological polar surface area (TPSA) is 51.4 Å². The molecular formula is C23H30ClN3O2. The van der Waals surface area contributed by atoms with Gasteiger partial charge in [0.2, 0.25) is 5.89 Å². The van der Waals surface area contributed by atoms with Gasteiger partial charge in [-0.2, -0.15) is 4.98 Å². The smallest absolute Gasteiger partial charge is 0.229 e. The van der Waals surface area contributed by atoms with E-state index in [-0.39, 0.29) is 5.41 Å². The van der Waals surface area contributed by atoms with Crippen molar-refractivity contribution in [2.75, 3.05) is 26.3 Å². The van der Waals surface area contributed by atoms with E-state index >= 15 is 0 Å². The van der Waals surface area contributed by atoms with Gasteiger partial charge in [0.15, 0.2) is 5.82 Å². The highest BCUT2D eigenvalue weighted by molar-refractivity contribution is 6.30. The fourth-order valence-corrected chi connectivity index (χ4v) is 5.20. The van der Waals surface area contributed by atoms with Crippen LogP contribution in [0.2, 0.25) is 5.02 Å². The van der Waals surface area contributed by atoms with Crippen LogP contribution in [0.15, 0.2) is 28.8 Å². The monoisotopic (exact) mass is 415 g/mol. The van der Waals surface area contributed by atoms with E-state index in [9.17, 15) is 0 Å². The Morgan fingerprint density at radius 1 is 1.10 bits per heavy atom. The normalized spacial score (nSPS) is 23.3. The zero-order valence-electron chi connectivity index (χ0n) is 17.0. The highest BCUT2D eigenvalue weighted by atomic mass is 35.5. The average Bonchev–Trinajstić information content (AvgIpc) is 3.41. The molecule has 0 spiro atoms. The lowest BCUT2D eigenvalue weighted by molar-refractivity contribution is 0.0778. The molecule has 1 aliphatic carbocycles. The Balaban J connectivity index is 1.29. The molecule has 1 aromatic heterocycles. The third-order valence-corrected chi connectivity index (χ3v) is 7.21. The van der Waals surface area contributed by atoms with Crippen LogP contribution in [0.4, 0.5) is 0 Å². The van der Waals surface area contributed by atoms with E-state index in [0.717, 1.165) is 81.2 Å². The maximum absolute atomic E-state index is 6.17. The van der Waals surface area contributed by atoms with E-state index in [0.29, 0.717) is 5.92 Å². The lowest BCUT2D eigenvalue weighted by atomic mass is 9.73. The number of nitrogens with zero attached hydrogens (tertiary/aromatic N) is 3. The van der Waals surface area contributed by atoms with E-state index in [1.54, 1.807) is 0 Å². The van der Waals surface area contributed by atoms with Crippen LogP contribution in [0.25, 0.3) is 0 Å². The highest BCUT2D eigenvalue weighted by Crippen LogP contribution is 2.47. The molecule has 6 heteroatoms. The minimum Gasteiger partial charge on any atom is -0.381 e. The molecule has 1 aromatic carbocycles. The van der Waals surface area contributed by atoms with Crippen LogP contribution in [-0.4, -0.2) is 41.3 Å². The minimum atomic E-state index is 0.0823. The van der Waals surface area contributed by atoms with Gasteiger partial charge in [0.1, 0.15) is 0 Å². The number of rotatable bonds is 6. The predicted molar refractivity (Wildman–Crippen MR) is 112 cm³/mol. The first-order valence-electron chi connectivity index (χ1n) is 11.1. The van der Waals surface area contributed by atoms with Crippen molar-refractivity contribution in [3.8, 4) is 0 Å². The maximum atomic E-state index is 6.17. The quantitative estimate of drug-likeness (QED) is 0.668. The molecule has 0 radical (unpaired) electrons. The van der Waals surface area contributed by atoms with Crippen LogP contribution in [0, 0.1) is 5.92 Å². The first-order chi connectivity index (χ1) is 14.2. The zero-order chi connectivity index (χ0) is 19.7. The second-order valence-corrected chi connectivity index (χ2v) is 9.61. The van der Waals surface area contributed by atoms with Gasteiger partial charge < -0.3 is 9.26 Å². The van der Waals surface area contributed by atoms with Crippen LogP contribution in [0.3, 0.4) is 0 Å². The molecule has 3 aliphatic rings. The molecule has 29 heavy (non-hydrogen) atoms. The molecule has 5 nitrogen and oxygen atoms in total. The highest BCUT2D eigenvalue weighted by Gasteiger charge is 2.44. The van der Waals surface area contributed by atoms with E-state index in [4.69, 9.17) is 25.8 Å². The number of benzene rings is 1. The maximum Gasteiger partial charge on any atom is 0.229 e. The van der Waals surface area contributed by atoms with Crippen LogP contribution in [0.5, 0.6) is 0 Å². The molecule has 5 rings (SSSR count). The van der Waals surface area contributed by atoms with E-state index < -0.39 is 0 Å². The lowest BCUT2D eigenvalue weighted by Crippen LogP contribution is -2.43. The number of likely N-dealkylation sites (tertiary alicyclic amines) is 1. The Bertz CT molecular complexity index is 821. The van der Waals surface area contributed by atoms with Gasteiger partial charge in [0, 0.05) is 36.1 Å². The Morgan fingerprint density at radius 3 is 2.62 bits per heavy atom. The van der Waals surface area contributed by atoms with Crippen molar-refractivity contribution in [3.63, 3.8) is 0 Å². The van der Waals surface area contributed by atoms with E-state index in [2.05, 4.69) is 22.2 Å². The molecule has 3 fully saturated rings. The van der Waals surface area contributed by atoms with Crippen molar-refractivity contribution in [2.45, 2.75) is 62.8 Å². The molecular weight excluding hydrogens is 386 g/mol. The fourth-order valence-electron chi connectivity index (χ4n) is 4.99. The summed E-state index contributed by atoms with van der Waals surface area (Å²) in [6.07, 6.45) is 8.13. The van der Waals surface area contributed by atoms with Crippen molar-refractivity contribution in [2.24, 2.45) is 5.92 Å². The van der Waals surface area contributed by atoms with E-state index in [1.807, 2.05) is 12.1 Å². The molecule has 2 saturated heterocycles. The number of hydrogen-bond donors (Lipinski definition) is 0. The molecule has 0 unspecified atom stereocenters. The van der Waals surface area contributed by atoms with Crippen molar-refractivity contribution in [1.29, 1.82) is 0 Å². The molecule has 0 N–H and O–H groups in total. The number of aromatic nitrogens is 2. The lowest BCUT2D eigenvalue weighted by Gasteiger charge is -2.40. The molecule has 156 valence electrons. The summed E-state index contributed by atoms with van der Waals surface area (Å²) in [5.41, 5.74) is 1.37. The Hall–Kier alpha value is -1.43. The minimum absolute atomic E-state index is 0.0823. The van der Waals surface area contributed by atoms with Gasteiger partial charge in [-0.15, -0.1) is 0 Å². The van der Waals surface area contributed by atoms with Gasteiger partial charge in [-0.05, 0) is 68.8 Å². The molecule has 1 saturated carbocycles. The van der Waals surface area contributed by atoms with Crippen LogP contribution in [0.1, 0.15) is 68.1 Å². The third-order valence-electron chi connectivity index (χ3n) is 6.97. The second-order valence-electron chi connectivity index (χ2n) is 9.18. The van der Waals surface area contributed by atoms with Gasteiger partial charge in [-0.3, -0.25) is 4.90 Å². The third kappa shape index (κ3) is 4.52. The summed E-state index contributed by atoms with van der Waals surface area (Å²) < 4.78 is 11.3. The summed E-state index contributed by atoms with van der Waals surface area (Å²) in [6, 6.07) is 8.22. The summed E-state index contributed by atoms with van der Waals surface area (Å²) in [6.45, 7) is 4.70. The average molecular weight is 416 g/mol. The standard InChI is InChI=1S/C23H30ClN3O2/c24-20-3-1-2-18(14-20)16-27-10-8-23(9-11-27,15-17-4-5-17)22-25-21(29-26-22)19-6-12-28-13-7-19/h1-3,14,17,19H,4-13,15-16H2. The van der Waals surface area contributed by atoms with E-state index in [1.165, 1.54) is 24.8 Å². The molecule has 2 aliphatic heterocycles. The SMILES string of the molecule is Clc1cccc(CN2CCC(CC3CC3)(c3noc(C4CCOCC4)n3)CC2)c1. The molecule has 3 heterocycles. The van der Waals surface area contributed by atoms with Crippen molar-refractivity contribution < 1.29 is 9.26 Å². The summed E-state index contributed by atoms with van der Waals surface area (Å²) in [4.78, 5) is 7.50. The summed E-state index contributed by atoms with van der Waals surface area (Å²) in [5.74, 6) is 3.01. The van der Waals surface area contributed by atoms with Gasteiger partial charge >= 0.3 is 0 Å². The molecule has 0 amide bonds. The van der Waals surface area contributed by atoms with Crippen LogP contribution in [-0.2, 0) is 16.7 Å².